The molecule has 0 aromatic heterocycles. The summed E-state index contributed by atoms with van der Waals surface area (Å²) >= 11 is 0. The third-order valence-corrected chi connectivity index (χ3v) is 4.56. The zero-order valence-corrected chi connectivity index (χ0v) is 12.6. The number of hydrogen-bond donors (Lipinski definition) is 1. The zero-order chi connectivity index (χ0) is 14.1. The fourth-order valence-electron chi connectivity index (χ4n) is 3.24. The van der Waals surface area contributed by atoms with E-state index in [-0.39, 0.29) is 16.8 Å². The van der Waals surface area contributed by atoms with Gasteiger partial charge in [0.25, 0.3) is 0 Å². The van der Waals surface area contributed by atoms with Crippen molar-refractivity contribution < 1.29 is 4.39 Å². The second-order valence-electron chi connectivity index (χ2n) is 7.06. The van der Waals surface area contributed by atoms with Crippen molar-refractivity contribution >= 4 is 0 Å². The normalized spacial score (nSPS) is 27.7. The van der Waals surface area contributed by atoms with Crippen molar-refractivity contribution in [2.75, 3.05) is 6.54 Å². The molecule has 0 radical (unpaired) electrons. The Morgan fingerprint density at radius 2 is 1.89 bits per heavy atom. The summed E-state index contributed by atoms with van der Waals surface area (Å²) in [6.07, 6.45) is 3.73. The molecule has 2 atom stereocenters. The van der Waals surface area contributed by atoms with E-state index in [1.165, 1.54) is 24.8 Å². The highest BCUT2D eigenvalue weighted by Crippen LogP contribution is 2.45. The Balaban J connectivity index is 2.27. The molecule has 0 bridgehead atoms. The third kappa shape index (κ3) is 3.17. The van der Waals surface area contributed by atoms with Gasteiger partial charge in [0.05, 0.1) is 0 Å². The SMILES string of the molecule is CC1CCCC1(CNC(C)(C)C)c1ccc(F)cc1. The Labute approximate surface area is 116 Å². The number of rotatable bonds is 3. The van der Waals surface area contributed by atoms with Crippen LogP contribution in [0.4, 0.5) is 4.39 Å². The van der Waals surface area contributed by atoms with Crippen LogP contribution in [0.1, 0.15) is 52.5 Å². The number of benzene rings is 1. The summed E-state index contributed by atoms with van der Waals surface area (Å²) in [6, 6.07) is 7.14. The standard InChI is InChI=1S/C17H26FN/c1-13-6-5-11-17(13,12-19-16(2,3)4)14-7-9-15(18)10-8-14/h7-10,13,19H,5-6,11-12H2,1-4H3. The Bertz CT molecular complexity index is 418. The molecular weight excluding hydrogens is 237 g/mol. The summed E-state index contributed by atoms with van der Waals surface area (Å²) in [7, 11) is 0. The van der Waals surface area contributed by atoms with E-state index in [1.807, 2.05) is 12.1 Å². The van der Waals surface area contributed by atoms with Gasteiger partial charge in [-0.1, -0.05) is 25.5 Å². The molecule has 2 heteroatoms. The van der Waals surface area contributed by atoms with Crippen molar-refractivity contribution in [3.8, 4) is 0 Å². The van der Waals surface area contributed by atoms with Gasteiger partial charge in [-0.3, -0.25) is 0 Å². The number of nitrogens with one attached hydrogen (secondary N) is 1. The molecule has 19 heavy (non-hydrogen) atoms. The maximum atomic E-state index is 13.2. The van der Waals surface area contributed by atoms with E-state index in [4.69, 9.17) is 0 Å². The first kappa shape index (κ1) is 14.5. The molecule has 106 valence electrons. The van der Waals surface area contributed by atoms with Crippen molar-refractivity contribution in [3.05, 3.63) is 35.6 Å². The maximum Gasteiger partial charge on any atom is 0.123 e. The molecule has 0 spiro atoms. The molecule has 1 fully saturated rings. The molecule has 1 nitrogen and oxygen atoms in total. The highest BCUT2D eigenvalue weighted by Gasteiger charge is 2.41. The molecular formula is C17H26FN. The van der Waals surface area contributed by atoms with Crippen molar-refractivity contribution in [2.24, 2.45) is 5.92 Å². The van der Waals surface area contributed by atoms with Crippen LogP contribution in [0, 0.1) is 11.7 Å². The molecule has 2 rings (SSSR count). The fourth-order valence-corrected chi connectivity index (χ4v) is 3.24. The van der Waals surface area contributed by atoms with Crippen molar-refractivity contribution in [2.45, 2.75) is 57.9 Å². The Morgan fingerprint density at radius 3 is 2.37 bits per heavy atom. The molecule has 0 heterocycles. The van der Waals surface area contributed by atoms with Crippen LogP contribution >= 0.6 is 0 Å². The lowest BCUT2D eigenvalue weighted by atomic mass is 9.72. The molecule has 0 amide bonds. The highest BCUT2D eigenvalue weighted by molar-refractivity contribution is 5.29. The van der Waals surface area contributed by atoms with Crippen molar-refractivity contribution in [1.29, 1.82) is 0 Å². The van der Waals surface area contributed by atoms with E-state index in [1.54, 1.807) is 12.1 Å². The lowest BCUT2D eigenvalue weighted by molar-refractivity contribution is 0.279. The molecule has 1 aromatic carbocycles. The quantitative estimate of drug-likeness (QED) is 0.858. The van der Waals surface area contributed by atoms with Crippen molar-refractivity contribution in [3.63, 3.8) is 0 Å². The van der Waals surface area contributed by atoms with E-state index in [0.717, 1.165) is 6.54 Å². The Hall–Kier alpha value is -0.890. The number of hydrogen-bond acceptors (Lipinski definition) is 1. The molecule has 1 aromatic rings. The summed E-state index contributed by atoms with van der Waals surface area (Å²) in [4.78, 5) is 0. The lowest BCUT2D eigenvalue weighted by Crippen LogP contribution is -2.47. The number of halogens is 1. The van der Waals surface area contributed by atoms with Gasteiger partial charge in [-0.05, 0) is 57.2 Å². The van der Waals surface area contributed by atoms with Gasteiger partial charge in [-0.15, -0.1) is 0 Å². The molecule has 1 aliphatic rings. The molecule has 0 saturated heterocycles. The van der Waals surface area contributed by atoms with Gasteiger partial charge in [0.15, 0.2) is 0 Å². The van der Waals surface area contributed by atoms with E-state index in [0.29, 0.717) is 5.92 Å². The van der Waals surface area contributed by atoms with Crippen LogP contribution in [-0.4, -0.2) is 12.1 Å². The van der Waals surface area contributed by atoms with E-state index >= 15 is 0 Å². The fraction of sp³-hybridized carbons (Fsp3) is 0.647. The van der Waals surface area contributed by atoms with Gasteiger partial charge in [-0.2, -0.15) is 0 Å². The summed E-state index contributed by atoms with van der Waals surface area (Å²) < 4.78 is 13.2. The van der Waals surface area contributed by atoms with Crippen LogP contribution in [0.5, 0.6) is 0 Å². The van der Waals surface area contributed by atoms with Gasteiger partial charge < -0.3 is 5.32 Å². The monoisotopic (exact) mass is 263 g/mol. The van der Waals surface area contributed by atoms with Crippen LogP contribution in [0.3, 0.4) is 0 Å². The zero-order valence-electron chi connectivity index (χ0n) is 12.6. The summed E-state index contributed by atoms with van der Waals surface area (Å²) in [5.74, 6) is 0.501. The van der Waals surface area contributed by atoms with Crippen LogP contribution in [-0.2, 0) is 5.41 Å². The maximum absolute atomic E-state index is 13.2. The van der Waals surface area contributed by atoms with Gasteiger partial charge in [0.1, 0.15) is 5.82 Å². The smallest absolute Gasteiger partial charge is 0.123 e. The molecule has 0 aliphatic heterocycles. The first-order valence-corrected chi connectivity index (χ1v) is 7.35. The topological polar surface area (TPSA) is 12.0 Å². The minimum absolute atomic E-state index is 0.120. The highest BCUT2D eigenvalue weighted by atomic mass is 19.1. The van der Waals surface area contributed by atoms with Gasteiger partial charge in [-0.25, -0.2) is 4.39 Å². The third-order valence-electron chi connectivity index (χ3n) is 4.56. The molecule has 2 unspecified atom stereocenters. The Kier molecular flexibility index (Phi) is 4.00. The molecule has 1 N–H and O–H groups in total. The minimum Gasteiger partial charge on any atom is -0.311 e. The Morgan fingerprint density at radius 1 is 1.26 bits per heavy atom. The van der Waals surface area contributed by atoms with Crippen LogP contribution in [0.15, 0.2) is 24.3 Å². The van der Waals surface area contributed by atoms with Crippen LogP contribution < -0.4 is 5.32 Å². The predicted molar refractivity (Wildman–Crippen MR) is 78.8 cm³/mol. The largest absolute Gasteiger partial charge is 0.311 e. The van der Waals surface area contributed by atoms with Crippen LogP contribution in [0.25, 0.3) is 0 Å². The average molecular weight is 263 g/mol. The first-order chi connectivity index (χ1) is 8.83. The second kappa shape index (κ2) is 5.24. The summed E-state index contributed by atoms with van der Waals surface area (Å²) in [6.45, 7) is 9.91. The van der Waals surface area contributed by atoms with E-state index in [2.05, 4.69) is 33.0 Å². The minimum atomic E-state index is -0.145. The van der Waals surface area contributed by atoms with Gasteiger partial charge in [0, 0.05) is 17.5 Å². The van der Waals surface area contributed by atoms with Gasteiger partial charge >= 0.3 is 0 Å². The lowest BCUT2D eigenvalue weighted by Gasteiger charge is -2.37. The summed E-state index contributed by atoms with van der Waals surface area (Å²) in [5.41, 5.74) is 1.58. The second-order valence-corrected chi connectivity index (χ2v) is 7.06. The van der Waals surface area contributed by atoms with Gasteiger partial charge in [0.2, 0.25) is 0 Å². The average Bonchev–Trinajstić information content (AvgIpc) is 2.69. The first-order valence-electron chi connectivity index (χ1n) is 7.35. The van der Waals surface area contributed by atoms with Crippen molar-refractivity contribution in [1.82, 2.24) is 5.32 Å². The molecule has 1 saturated carbocycles. The molecule has 1 aliphatic carbocycles. The van der Waals surface area contributed by atoms with Crippen LogP contribution in [0.2, 0.25) is 0 Å². The predicted octanol–water partition coefficient (Wildman–Crippen LogP) is 4.27. The summed E-state index contributed by atoms with van der Waals surface area (Å²) in [5, 5.41) is 3.65. The van der Waals surface area contributed by atoms with E-state index in [9.17, 15) is 4.39 Å². The van der Waals surface area contributed by atoms with E-state index < -0.39 is 0 Å².